The van der Waals surface area contributed by atoms with Crippen LogP contribution in [0.2, 0.25) is 0 Å². The van der Waals surface area contributed by atoms with Crippen LogP contribution < -0.4 is 0 Å². The van der Waals surface area contributed by atoms with Gasteiger partial charge in [-0.25, -0.2) is 4.39 Å². The molecule has 1 atom stereocenters. The molecule has 0 spiro atoms. The van der Waals surface area contributed by atoms with Gasteiger partial charge in [0.1, 0.15) is 11.9 Å². The van der Waals surface area contributed by atoms with Gasteiger partial charge in [-0.3, -0.25) is 4.68 Å². The summed E-state index contributed by atoms with van der Waals surface area (Å²) in [7, 11) is 1.61. The lowest BCUT2D eigenvalue weighted by Gasteiger charge is -2.14. The van der Waals surface area contributed by atoms with Crippen molar-refractivity contribution < 1.29 is 14.2 Å². The molecule has 20 heavy (non-hydrogen) atoms. The largest absolute Gasteiger partial charge is 0.386 e. The van der Waals surface area contributed by atoms with Crippen molar-refractivity contribution in [3.8, 4) is 0 Å². The summed E-state index contributed by atoms with van der Waals surface area (Å²) in [6.45, 7) is 1.03. The highest BCUT2D eigenvalue weighted by Crippen LogP contribution is 2.26. The van der Waals surface area contributed by atoms with Gasteiger partial charge in [-0.2, -0.15) is 5.10 Å². The van der Waals surface area contributed by atoms with Crippen molar-refractivity contribution >= 4 is 15.9 Å². The number of halogens is 2. The molecule has 0 aliphatic heterocycles. The SMILES string of the molecule is COCCn1ncc(Br)c1C(O)Cc1ccccc1F. The first-order valence-corrected chi connectivity index (χ1v) is 7.04. The van der Waals surface area contributed by atoms with E-state index in [4.69, 9.17) is 4.74 Å². The number of aromatic nitrogens is 2. The molecule has 0 fully saturated rings. The summed E-state index contributed by atoms with van der Waals surface area (Å²) in [5, 5.41) is 14.5. The minimum atomic E-state index is -0.833. The second kappa shape index (κ2) is 6.97. The highest BCUT2D eigenvalue weighted by Gasteiger charge is 2.19. The van der Waals surface area contributed by atoms with Crippen molar-refractivity contribution in [2.45, 2.75) is 19.1 Å². The van der Waals surface area contributed by atoms with Crippen LogP contribution in [0.4, 0.5) is 4.39 Å². The van der Waals surface area contributed by atoms with Gasteiger partial charge in [0.2, 0.25) is 0 Å². The number of nitrogens with zero attached hydrogens (tertiary/aromatic N) is 2. The normalized spacial score (nSPS) is 12.6. The van der Waals surface area contributed by atoms with Gasteiger partial charge in [0, 0.05) is 13.5 Å². The van der Waals surface area contributed by atoms with Gasteiger partial charge in [-0.05, 0) is 27.6 Å². The van der Waals surface area contributed by atoms with Crippen molar-refractivity contribution in [2.24, 2.45) is 0 Å². The molecular formula is C14H16BrFN2O2. The highest BCUT2D eigenvalue weighted by atomic mass is 79.9. The Morgan fingerprint density at radius 3 is 2.90 bits per heavy atom. The molecule has 108 valence electrons. The van der Waals surface area contributed by atoms with Crippen molar-refractivity contribution in [2.75, 3.05) is 13.7 Å². The van der Waals surface area contributed by atoms with Crippen LogP contribution in [0.25, 0.3) is 0 Å². The summed E-state index contributed by atoms with van der Waals surface area (Å²) in [6.07, 6.45) is 0.986. The molecule has 0 aliphatic rings. The van der Waals surface area contributed by atoms with Gasteiger partial charge < -0.3 is 9.84 Å². The van der Waals surface area contributed by atoms with Gasteiger partial charge in [0.15, 0.2) is 0 Å². The van der Waals surface area contributed by atoms with Crippen LogP contribution in [-0.2, 0) is 17.7 Å². The van der Waals surface area contributed by atoms with Crippen LogP contribution in [0.5, 0.6) is 0 Å². The molecule has 2 aromatic rings. The van der Waals surface area contributed by atoms with Crippen LogP contribution in [0.15, 0.2) is 34.9 Å². The van der Waals surface area contributed by atoms with Gasteiger partial charge >= 0.3 is 0 Å². The predicted octanol–water partition coefficient (Wildman–Crippen LogP) is 2.71. The third-order valence-electron chi connectivity index (χ3n) is 3.03. The average Bonchev–Trinajstić information content (AvgIpc) is 2.80. The molecule has 1 N–H and O–H groups in total. The fourth-order valence-electron chi connectivity index (χ4n) is 2.03. The number of rotatable bonds is 6. The van der Waals surface area contributed by atoms with Crippen LogP contribution in [0, 0.1) is 5.82 Å². The Bertz CT molecular complexity index is 574. The number of hydrogen-bond donors (Lipinski definition) is 1. The molecule has 6 heteroatoms. The molecule has 1 unspecified atom stereocenters. The van der Waals surface area contributed by atoms with E-state index in [1.807, 2.05) is 0 Å². The van der Waals surface area contributed by atoms with E-state index in [1.54, 1.807) is 36.2 Å². The van der Waals surface area contributed by atoms with Crippen LogP contribution >= 0.6 is 15.9 Å². The topological polar surface area (TPSA) is 47.3 Å². The van der Waals surface area contributed by atoms with Gasteiger partial charge in [-0.15, -0.1) is 0 Å². The number of benzene rings is 1. The van der Waals surface area contributed by atoms with Crippen molar-refractivity contribution in [3.63, 3.8) is 0 Å². The molecule has 1 aromatic carbocycles. The molecule has 1 heterocycles. The number of hydrogen-bond acceptors (Lipinski definition) is 3. The highest BCUT2D eigenvalue weighted by molar-refractivity contribution is 9.10. The Morgan fingerprint density at radius 2 is 2.20 bits per heavy atom. The first-order chi connectivity index (χ1) is 9.63. The van der Waals surface area contributed by atoms with E-state index in [1.165, 1.54) is 6.07 Å². The summed E-state index contributed by atoms with van der Waals surface area (Å²) < 4.78 is 21.0. The van der Waals surface area contributed by atoms with Crippen LogP contribution in [-0.4, -0.2) is 28.6 Å². The maximum absolute atomic E-state index is 13.6. The third-order valence-corrected chi connectivity index (χ3v) is 3.64. The number of methoxy groups -OCH3 is 1. The van der Waals surface area contributed by atoms with Crippen LogP contribution in [0.1, 0.15) is 17.4 Å². The molecule has 0 amide bonds. The van der Waals surface area contributed by atoms with Gasteiger partial charge in [0.05, 0.1) is 29.5 Å². The standard InChI is InChI=1S/C14H16BrFN2O2/c1-20-7-6-18-14(11(15)9-17-18)13(19)8-10-4-2-3-5-12(10)16/h2-5,9,13,19H,6-8H2,1H3. The van der Waals surface area contributed by atoms with Crippen molar-refractivity contribution in [1.82, 2.24) is 9.78 Å². The van der Waals surface area contributed by atoms with E-state index in [-0.39, 0.29) is 12.2 Å². The number of aliphatic hydroxyl groups excluding tert-OH is 1. The van der Waals surface area contributed by atoms with Crippen molar-refractivity contribution in [1.29, 1.82) is 0 Å². The molecular weight excluding hydrogens is 327 g/mol. The minimum absolute atomic E-state index is 0.198. The van der Waals surface area contributed by atoms with E-state index >= 15 is 0 Å². The Kier molecular flexibility index (Phi) is 5.28. The summed E-state index contributed by atoms with van der Waals surface area (Å²) in [5.41, 5.74) is 1.11. The maximum atomic E-state index is 13.6. The maximum Gasteiger partial charge on any atom is 0.126 e. The van der Waals surface area contributed by atoms with Crippen molar-refractivity contribution in [3.05, 3.63) is 52.0 Å². The monoisotopic (exact) mass is 342 g/mol. The Labute approximate surface area is 125 Å². The zero-order chi connectivity index (χ0) is 14.5. The lowest BCUT2D eigenvalue weighted by atomic mass is 10.1. The molecule has 0 saturated carbocycles. The second-order valence-electron chi connectivity index (χ2n) is 4.41. The molecule has 2 rings (SSSR count). The smallest absolute Gasteiger partial charge is 0.126 e. The van der Waals surface area contributed by atoms with Crippen LogP contribution in [0.3, 0.4) is 0 Å². The Balaban J connectivity index is 2.18. The summed E-state index contributed by atoms with van der Waals surface area (Å²) in [4.78, 5) is 0. The zero-order valence-electron chi connectivity index (χ0n) is 11.1. The summed E-state index contributed by atoms with van der Waals surface area (Å²) >= 11 is 3.36. The summed E-state index contributed by atoms with van der Waals surface area (Å²) in [5.74, 6) is -0.314. The predicted molar refractivity (Wildman–Crippen MR) is 76.9 cm³/mol. The molecule has 4 nitrogen and oxygen atoms in total. The van der Waals surface area contributed by atoms with E-state index in [9.17, 15) is 9.50 Å². The number of aliphatic hydroxyl groups is 1. The second-order valence-corrected chi connectivity index (χ2v) is 5.26. The fraction of sp³-hybridized carbons (Fsp3) is 0.357. The first-order valence-electron chi connectivity index (χ1n) is 6.25. The Morgan fingerprint density at radius 1 is 1.45 bits per heavy atom. The minimum Gasteiger partial charge on any atom is -0.386 e. The number of ether oxygens (including phenoxy) is 1. The third kappa shape index (κ3) is 3.45. The van der Waals surface area contributed by atoms with E-state index in [2.05, 4.69) is 21.0 Å². The lowest BCUT2D eigenvalue weighted by Crippen LogP contribution is -2.14. The quantitative estimate of drug-likeness (QED) is 0.877. The molecule has 0 saturated heterocycles. The Hall–Kier alpha value is -1.24. The molecule has 0 radical (unpaired) electrons. The zero-order valence-corrected chi connectivity index (χ0v) is 12.7. The summed E-state index contributed by atoms with van der Waals surface area (Å²) in [6, 6.07) is 6.44. The average molecular weight is 343 g/mol. The first kappa shape index (κ1) is 15.2. The fourth-order valence-corrected chi connectivity index (χ4v) is 2.59. The van der Waals surface area contributed by atoms with Gasteiger partial charge in [0.25, 0.3) is 0 Å². The molecule has 1 aromatic heterocycles. The van der Waals surface area contributed by atoms with E-state index in [0.717, 1.165) is 0 Å². The molecule has 0 aliphatic carbocycles. The van der Waals surface area contributed by atoms with E-state index < -0.39 is 6.10 Å². The lowest BCUT2D eigenvalue weighted by molar-refractivity contribution is 0.152. The van der Waals surface area contributed by atoms with E-state index in [0.29, 0.717) is 28.9 Å². The molecule has 0 bridgehead atoms. The van der Waals surface area contributed by atoms with Gasteiger partial charge in [-0.1, -0.05) is 18.2 Å².